The molecule has 28 rings (SSSR count). The number of pyridine rings is 4. The minimum absolute atomic E-state index is 0.000473. The van der Waals surface area contributed by atoms with Gasteiger partial charge in [-0.2, -0.15) is 0 Å². The van der Waals surface area contributed by atoms with Crippen molar-refractivity contribution in [2.24, 2.45) is 33.6 Å². The van der Waals surface area contributed by atoms with Gasteiger partial charge in [0.25, 0.3) is 0 Å². The van der Waals surface area contributed by atoms with Crippen LogP contribution in [0.1, 0.15) is 155 Å². The first-order valence-corrected chi connectivity index (χ1v) is 43.2. The van der Waals surface area contributed by atoms with Crippen LogP contribution >= 0.6 is 0 Å². The number of hydrogen-bond acceptors (Lipinski definition) is 4. The molecule has 580 valence electrons. The van der Waals surface area contributed by atoms with Crippen LogP contribution in [0.3, 0.4) is 0 Å². The number of hydrogen-bond donors (Lipinski definition) is 0. The van der Waals surface area contributed by atoms with Gasteiger partial charge in [0.2, 0.25) is 45.9 Å². The lowest BCUT2D eigenvalue weighted by Crippen LogP contribution is -2.46. The normalized spacial score (nSPS) is 17.4. The molecule has 8 aromatic carbocycles. The van der Waals surface area contributed by atoms with E-state index in [1.807, 2.05) is 0 Å². The zero-order valence-electron chi connectivity index (χ0n) is 69.0. The molecule has 8 aliphatic rings. The maximum atomic E-state index is 5.23. The van der Waals surface area contributed by atoms with E-state index in [9.17, 15) is 0 Å². The van der Waals surface area contributed by atoms with Crippen LogP contribution in [0, 0.1) is 33.1 Å². The van der Waals surface area contributed by atoms with E-state index in [1.54, 1.807) is 0 Å². The van der Waals surface area contributed by atoms with Crippen LogP contribution < -0.4 is 18.3 Å². The smallest absolute Gasteiger partial charge is 0.220 e. The number of fused-ring (bicyclic) bond motifs is 36. The minimum atomic E-state index is -0.0605. The topological polar surface area (TPSA) is 104 Å². The number of aromatic nitrogens is 16. The van der Waals surface area contributed by atoms with Crippen LogP contribution in [-0.4, -0.2) is 55.8 Å². The molecule has 0 amide bonds. The van der Waals surface area contributed by atoms with Crippen LogP contribution in [0.25, 0.3) is 156 Å². The van der Waals surface area contributed by atoms with Crippen molar-refractivity contribution in [1.29, 1.82) is 0 Å². The lowest BCUT2D eigenvalue weighted by molar-refractivity contribution is -0.661. The summed E-state index contributed by atoms with van der Waals surface area (Å²) in [4.78, 5) is 20.7. The SMILES string of the molecule is Cc1ccc2c3c1-c1c(ccc[n+]1C)C1(CC1)n3c1nc3ccccc3n21.Cc1ccc2c3c1-c1c(ccc[n+]1C)C1(CCC(C)(C)CC1)n3c1nc3ccccc3n21.Cc1ccc2c3c1-c1c(ccc[n+]1C)C1(CCCC1)n3c1nc3ccccc3n21.Cc1ccc2c3c1-c1c(ccc[n+]1C)C1(CCCCC1)n3c1nc3ccccc3n21. The van der Waals surface area contributed by atoms with Crippen LogP contribution in [0.2, 0.25) is 0 Å². The van der Waals surface area contributed by atoms with E-state index in [0.29, 0.717) is 5.41 Å². The predicted octanol–water partition coefficient (Wildman–Crippen LogP) is 20.1. The Labute approximate surface area is 683 Å². The molecule has 0 N–H and O–H groups in total. The Kier molecular flexibility index (Phi) is 13.9. The first kappa shape index (κ1) is 68.6. The highest BCUT2D eigenvalue weighted by Gasteiger charge is 2.57. The fraction of sp³-hybridized carbons (Fsp3) is 0.294. The van der Waals surface area contributed by atoms with Gasteiger partial charge in [-0.05, 0) is 217 Å². The van der Waals surface area contributed by atoms with Gasteiger partial charge < -0.3 is 0 Å². The van der Waals surface area contributed by atoms with Gasteiger partial charge in [0, 0.05) is 24.3 Å². The van der Waals surface area contributed by atoms with Crippen molar-refractivity contribution in [3.8, 4) is 45.0 Å². The highest BCUT2D eigenvalue weighted by Crippen LogP contribution is 2.61. The highest BCUT2D eigenvalue weighted by atomic mass is 15.3. The van der Waals surface area contributed by atoms with Gasteiger partial charge in [-0.25, -0.2) is 38.2 Å². The van der Waals surface area contributed by atoms with Crippen molar-refractivity contribution in [3.63, 3.8) is 0 Å². The number of benzene rings is 8. The fourth-order valence-corrected chi connectivity index (χ4v) is 24.4. The first-order valence-electron chi connectivity index (χ1n) is 43.2. The molecule has 16 heterocycles. The Balaban J connectivity index is 0.0000000878. The Bertz CT molecular complexity index is 7830. The summed E-state index contributed by atoms with van der Waals surface area (Å²) in [6, 6.07) is 70.7. The van der Waals surface area contributed by atoms with E-state index in [2.05, 4.69) is 343 Å². The summed E-state index contributed by atoms with van der Waals surface area (Å²) in [5.74, 6) is 4.35. The van der Waals surface area contributed by atoms with Crippen molar-refractivity contribution < 1.29 is 18.3 Å². The molecule has 12 aromatic heterocycles. The van der Waals surface area contributed by atoms with Crippen LogP contribution in [0.4, 0.5) is 0 Å². The van der Waals surface area contributed by atoms with Gasteiger partial charge in [0.1, 0.15) is 28.2 Å². The zero-order valence-corrected chi connectivity index (χ0v) is 69.0. The summed E-state index contributed by atoms with van der Waals surface area (Å²) in [6.07, 6.45) is 27.0. The Morgan fingerprint density at radius 1 is 0.254 bits per heavy atom. The molecule has 4 fully saturated rings. The van der Waals surface area contributed by atoms with Gasteiger partial charge in [-0.3, -0.25) is 35.9 Å². The van der Waals surface area contributed by atoms with Crippen molar-refractivity contribution >= 4 is 111 Å². The lowest BCUT2D eigenvalue weighted by Gasteiger charge is -2.46. The minimum Gasteiger partial charge on any atom is -0.298 e. The number of imidazole rings is 8. The maximum Gasteiger partial charge on any atom is 0.220 e. The van der Waals surface area contributed by atoms with Gasteiger partial charge >= 0.3 is 0 Å². The Hall–Kier alpha value is -12.6. The molecular formula is C102H96N16+4. The van der Waals surface area contributed by atoms with Crippen LogP contribution in [0.5, 0.6) is 0 Å². The molecule has 4 saturated carbocycles. The number of aryl methyl sites for hydroxylation is 8. The molecule has 16 nitrogen and oxygen atoms in total. The first-order chi connectivity index (χ1) is 57.5. The second kappa shape index (κ2) is 23.9. The summed E-state index contributed by atoms with van der Waals surface area (Å²) < 4.78 is 29.3. The zero-order chi connectivity index (χ0) is 79.1. The third-order valence-electron chi connectivity index (χ3n) is 29.9. The number of para-hydroxylation sites is 8. The quantitative estimate of drug-likeness (QED) is 0.141. The van der Waals surface area contributed by atoms with E-state index >= 15 is 0 Å². The standard InChI is InChI=1S/C28H29N4.C26H25N4.C25H23N4.C23H19N4/c1-18-11-12-22-25-23(18)24-19(8-7-17-30(24)4)28(15-13-27(2,3)14-16-28)32(25)26-29-20-9-5-6-10-21(20)31(22)26;1-17-12-13-21-24-22(17)23-18(9-8-16-28(23)2)26(14-6-3-7-15-26)30(24)25-27-19-10-4-5-11-20(19)29(21)25;1-16-11-12-20-23-21(16)22-17(8-7-15-27(22)2)25(13-5-6-14-25)29(23)24-26-18-9-3-4-10-19(18)28(20)24;1-14-9-10-18-21-19(14)20-15(6-5-13-25(20)2)23(11-12-23)27(21)22-24-16-7-3-4-8-17(16)26(18)22/h5-12,17H,13-16H2,1-4H3;4-5,8-13,16H,3,6-7,14-15H2,1-2H3;3-4,7-12,15H,5-6,13-14H2,1-2H3;3-10,13H,11-12H2,1-2H3/q4*+1. The Morgan fingerprint density at radius 3 is 0.754 bits per heavy atom. The van der Waals surface area contributed by atoms with Crippen molar-refractivity contribution in [1.82, 2.24) is 55.8 Å². The third-order valence-corrected chi connectivity index (χ3v) is 29.9. The monoisotopic (exact) mass is 1540 g/mol. The second-order valence-corrected chi connectivity index (χ2v) is 36.9. The van der Waals surface area contributed by atoms with E-state index in [-0.39, 0.29) is 22.2 Å². The molecule has 0 bridgehead atoms. The van der Waals surface area contributed by atoms with Crippen molar-refractivity contribution in [3.05, 3.63) is 263 Å². The van der Waals surface area contributed by atoms with Gasteiger partial charge in [0.05, 0.1) is 155 Å². The van der Waals surface area contributed by atoms with Gasteiger partial charge in [-0.15, -0.1) is 0 Å². The van der Waals surface area contributed by atoms with E-state index in [1.165, 1.54) is 239 Å². The molecule has 0 atom stereocenters. The van der Waals surface area contributed by atoms with Crippen molar-refractivity contribution in [2.45, 2.75) is 160 Å². The summed E-state index contributed by atoms with van der Waals surface area (Å²) in [7, 11) is 8.77. The van der Waals surface area contributed by atoms with Gasteiger partial charge in [0.15, 0.2) is 24.8 Å². The van der Waals surface area contributed by atoms with E-state index in [0.717, 1.165) is 58.0 Å². The Morgan fingerprint density at radius 2 is 0.492 bits per heavy atom. The van der Waals surface area contributed by atoms with Crippen LogP contribution in [0.15, 0.2) is 219 Å². The summed E-state index contributed by atoms with van der Waals surface area (Å²) >= 11 is 0. The van der Waals surface area contributed by atoms with Crippen LogP contribution in [-0.2, 0) is 50.3 Å². The highest BCUT2D eigenvalue weighted by molar-refractivity contribution is 6.06. The molecule has 0 saturated heterocycles. The molecule has 16 heteroatoms. The molecule has 0 unspecified atom stereocenters. The molecule has 4 aliphatic carbocycles. The molecule has 118 heavy (non-hydrogen) atoms. The number of rotatable bonds is 0. The van der Waals surface area contributed by atoms with Gasteiger partial charge in [-0.1, -0.05) is 119 Å². The molecule has 4 aliphatic heterocycles. The molecule has 4 spiro atoms. The summed E-state index contributed by atoms with van der Waals surface area (Å²) in [5.41, 5.74) is 42.1. The fourth-order valence-electron chi connectivity index (χ4n) is 24.4. The largest absolute Gasteiger partial charge is 0.298 e. The summed E-state index contributed by atoms with van der Waals surface area (Å²) in [6.45, 7) is 13.8. The van der Waals surface area contributed by atoms with Crippen molar-refractivity contribution in [2.75, 3.05) is 0 Å². The molecule has 20 aromatic rings. The summed E-state index contributed by atoms with van der Waals surface area (Å²) in [5, 5.41) is 0. The maximum absolute atomic E-state index is 5.23. The van der Waals surface area contributed by atoms with E-state index in [4.69, 9.17) is 19.9 Å². The third kappa shape index (κ3) is 8.69. The average molecular weight is 1550 g/mol. The molecule has 0 radical (unpaired) electrons. The lowest BCUT2D eigenvalue weighted by atomic mass is 9.65. The second-order valence-electron chi connectivity index (χ2n) is 36.9. The van der Waals surface area contributed by atoms with E-state index < -0.39 is 0 Å². The predicted molar refractivity (Wildman–Crippen MR) is 470 cm³/mol. The molecular weight excluding hydrogens is 1450 g/mol. The average Bonchev–Trinajstić information content (AvgIpc) is 1.49. The number of nitrogens with zero attached hydrogens (tertiary/aromatic N) is 16.